The quantitative estimate of drug-likeness (QED) is 0.594. The number of nitrogens with one attached hydrogen (secondary N) is 1. The largest absolute Gasteiger partial charge is 0.321 e. The predicted molar refractivity (Wildman–Crippen MR) is 81.8 cm³/mol. The van der Waals surface area contributed by atoms with E-state index in [4.69, 9.17) is 0 Å². The lowest BCUT2D eigenvalue weighted by molar-refractivity contribution is -0.121. The molecule has 5 nitrogen and oxygen atoms in total. The molecule has 0 saturated heterocycles. The first-order chi connectivity index (χ1) is 11.1. The molecule has 1 amide bonds. The number of benzene rings is 2. The van der Waals surface area contributed by atoms with Crippen molar-refractivity contribution in [2.75, 3.05) is 0 Å². The first kappa shape index (κ1) is 14.8. The van der Waals surface area contributed by atoms with E-state index in [1.54, 1.807) is 10.9 Å². The van der Waals surface area contributed by atoms with E-state index in [1.807, 2.05) is 24.3 Å². The number of amides is 1. The van der Waals surface area contributed by atoms with Crippen molar-refractivity contribution >= 4 is 23.2 Å². The number of hydrazone groups is 1. The Morgan fingerprint density at radius 1 is 1.22 bits per heavy atom. The van der Waals surface area contributed by atoms with E-state index >= 15 is 0 Å². The summed E-state index contributed by atoms with van der Waals surface area (Å²) in [4.78, 5) is 16.0. The average Bonchev–Trinajstić information content (AvgIpc) is 2.94. The molecule has 1 aromatic heterocycles. The van der Waals surface area contributed by atoms with Crippen molar-refractivity contribution in [3.8, 4) is 0 Å². The number of para-hydroxylation sites is 2. The Kier molecular flexibility index (Phi) is 4.09. The molecule has 0 aliphatic heterocycles. The highest BCUT2D eigenvalue weighted by Crippen LogP contribution is 2.11. The highest BCUT2D eigenvalue weighted by atomic mass is 19.2. The molecule has 0 saturated carbocycles. The molecule has 0 radical (unpaired) electrons. The van der Waals surface area contributed by atoms with Gasteiger partial charge in [-0.25, -0.2) is 19.2 Å². The van der Waals surface area contributed by atoms with Crippen LogP contribution in [0.1, 0.15) is 5.56 Å². The lowest BCUT2D eigenvalue weighted by Crippen LogP contribution is -2.22. The standard InChI is InChI=1S/C16H12F2N4O/c17-12-6-5-11(7-13(12)18)8-20-21-16(23)9-22-10-19-14-3-1-2-4-15(14)22/h1-8,10H,9H2,(H,21,23)/b20-8+. The summed E-state index contributed by atoms with van der Waals surface area (Å²) in [5, 5.41) is 3.73. The van der Waals surface area contributed by atoms with Crippen LogP contribution in [0, 0.1) is 11.6 Å². The van der Waals surface area contributed by atoms with Crippen LogP contribution in [0.25, 0.3) is 11.0 Å². The fourth-order valence-corrected chi connectivity index (χ4v) is 2.10. The molecule has 7 heteroatoms. The molecule has 0 atom stereocenters. The number of rotatable bonds is 4. The zero-order chi connectivity index (χ0) is 16.2. The Bertz CT molecular complexity index is 889. The van der Waals surface area contributed by atoms with Gasteiger partial charge in [0.05, 0.1) is 23.6 Å². The second-order valence-electron chi connectivity index (χ2n) is 4.83. The summed E-state index contributed by atoms with van der Waals surface area (Å²) in [5.41, 5.74) is 4.32. The summed E-state index contributed by atoms with van der Waals surface area (Å²) in [5.74, 6) is -2.25. The maximum absolute atomic E-state index is 13.0. The number of hydrogen-bond donors (Lipinski definition) is 1. The topological polar surface area (TPSA) is 59.3 Å². The van der Waals surface area contributed by atoms with Gasteiger partial charge in [-0.1, -0.05) is 18.2 Å². The second kappa shape index (κ2) is 6.35. The van der Waals surface area contributed by atoms with E-state index in [-0.39, 0.29) is 12.5 Å². The third kappa shape index (κ3) is 3.39. The van der Waals surface area contributed by atoms with Gasteiger partial charge in [0.15, 0.2) is 11.6 Å². The van der Waals surface area contributed by atoms with Crippen LogP contribution in [0.15, 0.2) is 53.9 Å². The summed E-state index contributed by atoms with van der Waals surface area (Å²) in [7, 11) is 0. The van der Waals surface area contributed by atoms with Gasteiger partial charge in [-0.05, 0) is 29.8 Å². The van der Waals surface area contributed by atoms with E-state index in [9.17, 15) is 13.6 Å². The van der Waals surface area contributed by atoms with Crippen molar-refractivity contribution in [3.05, 3.63) is 66.0 Å². The number of hydrogen-bond acceptors (Lipinski definition) is 3. The molecular formula is C16H12F2N4O. The van der Waals surface area contributed by atoms with Crippen molar-refractivity contribution < 1.29 is 13.6 Å². The highest BCUT2D eigenvalue weighted by Gasteiger charge is 2.06. The number of fused-ring (bicyclic) bond motifs is 1. The number of imidazole rings is 1. The van der Waals surface area contributed by atoms with Gasteiger partial charge in [0, 0.05) is 0 Å². The van der Waals surface area contributed by atoms with Crippen molar-refractivity contribution in [3.63, 3.8) is 0 Å². The summed E-state index contributed by atoms with van der Waals surface area (Å²) >= 11 is 0. The van der Waals surface area contributed by atoms with Crippen LogP contribution in [-0.4, -0.2) is 21.7 Å². The maximum Gasteiger partial charge on any atom is 0.260 e. The third-order valence-electron chi connectivity index (χ3n) is 3.19. The monoisotopic (exact) mass is 314 g/mol. The summed E-state index contributed by atoms with van der Waals surface area (Å²) in [6.45, 7) is 0.0512. The SMILES string of the molecule is O=C(Cn1cnc2ccccc21)N/N=C/c1ccc(F)c(F)c1. The number of carbonyl (C=O) groups excluding carboxylic acids is 1. The van der Waals surface area contributed by atoms with E-state index in [0.717, 1.165) is 23.2 Å². The van der Waals surface area contributed by atoms with Gasteiger partial charge in [0.1, 0.15) is 6.54 Å². The van der Waals surface area contributed by atoms with Gasteiger partial charge in [0.2, 0.25) is 0 Å². The number of nitrogens with zero attached hydrogens (tertiary/aromatic N) is 3. The van der Waals surface area contributed by atoms with Gasteiger partial charge >= 0.3 is 0 Å². The van der Waals surface area contributed by atoms with Gasteiger partial charge in [0.25, 0.3) is 5.91 Å². The van der Waals surface area contributed by atoms with Crippen LogP contribution in [0.3, 0.4) is 0 Å². The normalized spacial score (nSPS) is 11.2. The smallest absolute Gasteiger partial charge is 0.260 e. The molecular weight excluding hydrogens is 302 g/mol. The minimum Gasteiger partial charge on any atom is -0.321 e. The van der Waals surface area contributed by atoms with Crippen LogP contribution >= 0.6 is 0 Å². The van der Waals surface area contributed by atoms with Crippen LogP contribution in [0.4, 0.5) is 8.78 Å². The first-order valence-electron chi connectivity index (χ1n) is 6.80. The summed E-state index contributed by atoms with van der Waals surface area (Å²) in [6, 6.07) is 10.8. The Labute approximate surface area is 130 Å². The van der Waals surface area contributed by atoms with Crippen molar-refractivity contribution in [2.24, 2.45) is 5.10 Å². The van der Waals surface area contributed by atoms with Crippen LogP contribution in [0.2, 0.25) is 0 Å². The lowest BCUT2D eigenvalue weighted by Gasteiger charge is -2.02. The van der Waals surface area contributed by atoms with Gasteiger partial charge in [-0.2, -0.15) is 5.10 Å². The highest BCUT2D eigenvalue weighted by molar-refractivity contribution is 5.83. The number of carbonyl (C=O) groups is 1. The predicted octanol–water partition coefficient (Wildman–Crippen LogP) is 2.46. The minimum atomic E-state index is -0.967. The number of halogens is 2. The fourth-order valence-electron chi connectivity index (χ4n) is 2.10. The van der Waals surface area contributed by atoms with E-state index in [2.05, 4.69) is 15.5 Å². The molecule has 1 N–H and O–H groups in total. The third-order valence-corrected chi connectivity index (χ3v) is 3.19. The molecule has 0 fully saturated rings. The van der Waals surface area contributed by atoms with Gasteiger partial charge in [-0.15, -0.1) is 0 Å². The zero-order valence-corrected chi connectivity index (χ0v) is 11.9. The van der Waals surface area contributed by atoms with Crippen molar-refractivity contribution in [1.82, 2.24) is 15.0 Å². The summed E-state index contributed by atoms with van der Waals surface area (Å²) in [6.07, 6.45) is 2.82. The Morgan fingerprint density at radius 2 is 2.04 bits per heavy atom. The summed E-state index contributed by atoms with van der Waals surface area (Å²) < 4.78 is 27.5. The minimum absolute atomic E-state index is 0.0512. The fraction of sp³-hybridized carbons (Fsp3) is 0.0625. The first-order valence-corrected chi connectivity index (χ1v) is 6.80. The molecule has 3 rings (SSSR count). The maximum atomic E-state index is 13.0. The molecule has 0 unspecified atom stereocenters. The molecule has 116 valence electrons. The molecule has 1 heterocycles. The Morgan fingerprint density at radius 3 is 2.87 bits per heavy atom. The van der Waals surface area contributed by atoms with E-state index in [0.29, 0.717) is 5.56 Å². The molecule has 0 bridgehead atoms. The molecule has 0 aliphatic carbocycles. The average molecular weight is 314 g/mol. The molecule has 23 heavy (non-hydrogen) atoms. The van der Waals surface area contributed by atoms with Gasteiger partial charge in [-0.3, -0.25) is 4.79 Å². The van der Waals surface area contributed by atoms with E-state index in [1.165, 1.54) is 12.3 Å². The lowest BCUT2D eigenvalue weighted by atomic mass is 10.2. The van der Waals surface area contributed by atoms with Crippen LogP contribution < -0.4 is 5.43 Å². The van der Waals surface area contributed by atoms with E-state index < -0.39 is 11.6 Å². The molecule has 0 aliphatic rings. The Hall–Kier alpha value is -3.09. The van der Waals surface area contributed by atoms with Gasteiger partial charge < -0.3 is 4.57 Å². The van der Waals surface area contributed by atoms with Crippen molar-refractivity contribution in [2.45, 2.75) is 6.54 Å². The van der Waals surface area contributed by atoms with Crippen LogP contribution in [0.5, 0.6) is 0 Å². The molecule has 3 aromatic rings. The van der Waals surface area contributed by atoms with Crippen LogP contribution in [-0.2, 0) is 11.3 Å². The van der Waals surface area contributed by atoms with Crippen molar-refractivity contribution in [1.29, 1.82) is 0 Å². The second-order valence-corrected chi connectivity index (χ2v) is 4.83. The molecule has 0 spiro atoms. The zero-order valence-electron chi connectivity index (χ0n) is 11.9. The Balaban J connectivity index is 1.63. The number of aromatic nitrogens is 2. The molecule has 2 aromatic carbocycles.